The minimum atomic E-state index is -0.641. The number of benzene rings is 1. The minimum Gasteiger partial charge on any atom is -0.504 e. The third-order valence-electron chi connectivity index (χ3n) is 3.60. The molecule has 0 radical (unpaired) electrons. The maximum absolute atomic E-state index is 10.4. The maximum Gasteiger partial charge on any atom is 0.161 e. The standard InChI is InChI=1S/C15H23NO3/c1-15(2,3)8-16-11-6-4-10-9(13(11)18)5-7-12(17)14(10)19/h5,7,11,13,16-19H,4,6,8H2,1-3H3/t11-,13-/m1/s1. The molecule has 0 aromatic heterocycles. The lowest BCUT2D eigenvalue weighted by Gasteiger charge is -2.33. The van der Waals surface area contributed by atoms with Crippen LogP contribution in [0.3, 0.4) is 0 Å². The molecule has 1 aliphatic carbocycles. The van der Waals surface area contributed by atoms with Crippen LogP contribution in [0, 0.1) is 5.41 Å². The summed E-state index contributed by atoms with van der Waals surface area (Å²) >= 11 is 0. The first kappa shape index (κ1) is 14.2. The van der Waals surface area contributed by atoms with Gasteiger partial charge in [-0.2, -0.15) is 0 Å². The number of rotatable bonds is 2. The van der Waals surface area contributed by atoms with Gasteiger partial charge in [-0.25, -0.2) is 0 Å². The van der Waals surface area contributed by atoms with Gasteiger partial charge in [0.25, 0.3) is 0 Å². The number of aromatic hydroxyl groups is 2. The quantitative estimate of drug-likeness (QED) is 0.618. The number of aliphatic hydroxyl groups excluding tert-OH is 1. The summed E-state index contributed by atoms with van der Waals surface area (Å²) in [6, 6.07) is 3.12. The number of fused-ring (bicyclic) bond motifs is 1. The highest BCUT2D eigenvalue weighted by Gasteiger charge is 2.30. The topological polar surface area (TPSA) is 72.7 Å². The van der Waals surface area contributed by atoms with Gasteiger partial charge in [-0.05, 0) is 29.9 Å². The fourth-order valence-corrected chi connectivity index (χ4v) is 2.50. The average molecular weight is 265 g/mol. The molecule has 0 fully saturated rings. The molecule has 4 N–H and O–H groups in total. The molecule has 0 bridgehead atoms. The van der Waals surface area contributed by atoms with Crippen molar-refractivity contribution in [2.24, 2.45) is 5.41 Å². The molecule has 4 heteroatoms. The van der Waals surface area contributed by atoms with E-state index in [-0.39, 0.29) is 23.0 Å². The predicted molar refractivity (Wildman–Crippen MR) is 74.3 cm³/mol. The van der Waals surface area contributed by atoms with Gasteiger partial charge in [0.15, 0.2) is 11.5 Å². The molecule has 19 heavy (non-hydrogen) atoms. The first-order chi connectivity index (χ1) is 8.79. The van der Waals surface area contributed by atoms with E-state index < -0.39 is 6.10 Å². The number of aliphatic hydroxyl groups is 1. The average Bonchev–Trinajstić information content (AvgIpc) is 2.32. The summed E-state index contributed by atoms with van der Waals surface area (Å²) in [5.41, 5.74) is 1.55. The molecule has 0 unspecified atom stereocenters. The van der Waals surface area contributed by atoms with Gasteiger partial charge in [0, 0.05) is 18.2 Å². The second-order valence-corrected chi connectivity index (χ2v) is 6.53. The zero-order valence-electron chi connectivity index (χ0n) is 11.8. The lowest BCUT2D eigenvalue weighted by atomic mass is 9.84. The number of hydrogen-bond acceptors (Lipinski definition) is 4. The molecular weight excluding hydrogens is 242 g/mol. The highest BCUT2D eigenvalue weighted by atomic mass is 16.3. The van der Waals surface area contributed by atoms with Crippen molar-refractivity contribution in [3.8, 4) is 11.5 Å². The first-order valence-corrected chi connectivity index (χ1v) is 6.75. The summed E-state index contributed by atoms with van der Waals surface area (Å²) in [7, 11) is 0. The Hall–Kier alpha value is -1.26. The van der Waals surface area contributed by atoms with Crippen molar-refractivity contribution in [2.75, 3.05) is 6.54 Å². The zero-order chi connectivity index (χ0) is 14.2. The van der Waals surface area contributed by atoms with Gasteiger partial charge >= 0.3 is 0 Å². The largest absolute Gasteiger partial charge is 0.504 e. The Morgan fingerprint density at radius 2 is 1.95 bits per heavy atom. The van der Waals surface area contributed by atoms with Crippen LogP contribution in [-0.4, -0.2) is 27.9 Å². The molecule has 2 rings (SSSR count). The summed E-state index contributed by atoms with van der Waals surface area (Å²) < 4.78 is 0. The lowest BCUT2D eigenvalue weighted by Crippen LogP contribution is -2.42. The molecular formula is C15H23NO3. The molecule has 0 aliphatic heterocycles. The molecule has 2 atom stereocenters. The number of phenols is 2. The first-order valence-electron chi connectivity index (χ1n) is 6.75. The summed E-state index contributed by atoms with van der Waals surface area (Å²) in [6.07, 6.45) is 0.771. The fraction of sp³-hybridized carbons (Fsp3) is 0.600. The van der Waals surface area contributed by atoms with Gasteiger partial charge in [-0.1, -0.05) is 26.8 Å². The molecule has 0 amide bonds. The SMILES string of the molecule is CC(C)(C)CN[C@@H]1CCc2c(ccc(O)c2O)[C@H]1O. The molecule has 4 nitrogen and oxygen atoms in total. The summed E-state index contributed by atoms with van der Waals surface area (Å²) in [5, 5.41) is 33.1. The van der Waals surface area contributed by atoms with Crippen molar-refractivity contribution in [1.29, 1.82) is 0 Å². The van der Waals surface area contributed by atoms with Gasteiger partial charge in [0.1, 0.15) is 0 Å². The molecule has 1 aliphatic rings. The monoisotopic (exact) mass is 265 g/mol. The number of phenolic OH excluding ortho intramolecular Hbond substituents is 2. The van der Waals surface area contributed by atoms with Crippen LogP contribution >= 0.6 is 0 Å². The van der Waals surface area contributed by atoms with Gasteiger partial charge in [-0.3, -0.25) is 0 Å². The van der Waals surface area contributed by atoms with E-state index in [9.17, 15) is 15.3 Å². The van der Waals surface area contributed by atoms with Crippen molar-refractivity contribution in [2.45, 2.75) is 45.8 Å². The molecule has 1 aromatic rings. The van der Waals surface area contributed by atoms with Crippen molar-refractivity contribution >= 4 is 0 Å². The summed E-state index contributed by atoms with van der Waals surface area (Å²) in [4.78, 5) is 0. The summed E-state index contributed by atoms with van der Waals surface area (Å²) in [6.45, 7) is 7.27. The van der Waals surface area contributed by atoms with Crippen LogP contribution in [0.2, 0.25) is 0 Å². The number of hydrogen-bond donors (Lipinski definition) is 4. The lowest BCUT2D eigenvalue weighted by molar-refractivity contribution is 0.108. The highest BCUT2D eigenvalue weighted by molar-refractivity contribution is 5.51. The van der Waals surface area contributed by atoms with Crippen molar-refractivity contribution in [3.05, 3.63) is 23.3 Å². The Kier molecular flexibility index (Phi) is 3.74. The van der Waals surface area contributed by atoms with E-state index in [2.05, 4.69) is 26.1 Å². The van der Waals surface area contributed by atoms with E-state index in [1.807, 2.05) is 0 Å². The van der Waals surface area contributed by atoms with Crippen LogP contribution in [-0.2, 0) is 6.42 Å². The fourth-order valence-electron chi connectivity index (χ4n) is 2.50. The van der Waals surface area contributed by atoms with Crippen LogP contribution in [0.25, 0.3) is 0 Å². The van der Waals surface area contributed by atoms with Crippen LogP contribution in [0.5, 0.6) is 11.5 Å². The van der Waals surface area contributed by atoms with Gasteiger partial charge in [0.05, 0.1) is 6.10 Å². The van der Waals surface area contributed by atoms with E-state index in [1.165, 1.54) is 6.07 Å². The molecule has 0 saturated carbocycles. The zero-order valence-corrected chi connectivity index (χ0v) is 11.8. The van der Waals surface area contributed by atoms with Gasteiger partial charge in [0.2, 0.25) is 0 Å². The molecule has 1 aromatic carbocycles. The van der Waals surface area contributed by atoms with Crippen LogP contribution in [0.15, 0.2) is 12.1 Å². The third kappa shape index (κ3) is 3.01. The van der Waals surface area contributed by atoms with Gasteiger partial charge in [-0.15, -0.1) is 0 Å². The number of nitrogens with one attached hydrogen (secondary N) is 1. The summed E-state index contributed by atoms with van der Waals surface area (Å²) in [5.74, 6) is -0.210. The second-order valence-electron chi connectivity index (χ2n) is 6.53. The van der Waals surface area contributed by atoms with E-state index in [4.69, 9.17) is 0 Å². The van der Waals surface area contributed by atoms with Crippen LogP contribution in [0.4, 0.5) is 0 Å². The van der Waals surface area contributed by atoms with Crippen molar-refractivity contribution in [3.63, 3.8) is 0 Å². The minimum absolute atomic E-state index is 0.00401. The normalized spacial score (nSPS) is 23.2. The molecule has 0 heterocycles. The predicted octanol–water partition coefficient (Wildman–Crippen LogP) is 2.08. The second kappa shape index (κ2) is 5.02. The third-order valence-corrected chi connectivity index (χ3v) is 3.60. The Balaban J connectivity index is 2.16. The highest BCUT2D eigenvalue weighted by Crippen LogP contribution is 2.39. The van der Waals surface area contributed by atoms with E-state index >= 15 is 0 Å². The smallest absolute Gasteiger partial charge is 0.161 e. The maximum atomic E-state index is 10.4. The molecule has 0 saturated heterocycles. The van der Waals surface area contributed by atoms with Gasteiger partial charge < -0.3 is 20.6 Å². The van der Waals surface area contributed by atoms with Crippen LogP contribution < -0.4 is 5.32 Å². The van der Waals surface area contributed by atoms with E-state index in [0.29, 0.717) is 17.5 Å². The molecule has 0 spiro atoms. The Labute approximate surface area is 114 Å². The van der Waals surface area contributed by atoms with E-state index in [1.54, 1.807) is 6.07 Å². The molecule has 106 valence electrons. The van der Waals surface area contributed by atoms with Crippen molar-refractivity contribution < 1.29 is 15.3 Å². The Morgan fingerprint density at radius 1 is 1.26 bits per heavy atom. The Bertz CT molecular complexity index is 465. The Morgan fingerprint density at radius 3 is 2.58 bits per heavy atom. The van der Waals surface area contributed by atoms with Crippen LogP contribution in [0.1, 0.15) is 44.4 Å². The van der Waals surface area contributed by atoms with E-state index in [0.717, 1.165) is 13.0 Å². The van der Waals surface area contributed by atoms with Crippen molar-refractivity contribution in [1.82, 2.24) is 5.32 Å².